The molecular weight excluding hydrogens is 463 g/mol. The number of carbonyl (C=O) groups excluding carboxylic acids is 1. The van der Waals surface area contributed by atoms with Gasteiger partial charge < -0.3 is 11.2 Å². The second kappa shape index (κ2) is 10.0. The third kappa shape index (κ3) is 5.15. The van der Waals surface area contributed by atoms with Crippen molar-refractivity contribution in [2.75, 3.05) is 22.3 Å². The second-order valence-electron chi connectivity index (χ2n) is 7.36. The molecule has 1 amide bonds. The van der Waals surface area contributed by atoms with Crippen molar-refractivity contribution in [3.63, 3.8) is 0 Å². The molecule has 170 valence electrons. The van der Waals surface area contributed by atoms with Crippen molar-refractivity contribution in [3.8, 4) is 6.07 Å². The van der Waals surface area contributed by atoms with Crippen molar-refractivity contribution in [3.05, 3.63) is 51.7 Å². The number of carbonyl (C=O) groups is 1. The largest absolute Gasteiger partial charge is 0.334 e. The number of rotatable bonds is 7. The molecule has 0 unspecified atom stereocenters. The summed E-state index contributed by atoms with van der Waals surface area (Å²) in [6.07, 6.45) is 4.01. The zero-order valence-electron chi connectivity index (χ0n) is 17.8. The molecule has 0 atom stereocenters. The minimum atomic E-state index is -0.325. The molecule has 1 aromatic carbocycles. The number of nitriles is 1. The summed E-state index contributed by atoms with van der Waals surface area (Å²) in [6, 6.07) is 8.17. The number of hydrazone groups is 1. The molecule has 4 rings (SSSR count). The molecule has 12 heteroatoms. The SMILES string of the molecule is C/C(=N\Nc1nnc(SCC(=O)Nc2sc3c(c2C#N)CCCC3)n1N)c1ccc(F)cc1. The van der Waals surface area contributed by atoms with Gasteiger partial charge in [-0.05, 0) is 55.9 Å². The minimum Gasteiger partial charge on any atom is -0.334 e. The number of nitrogens with two attached hydrogens (primary N) is 1. The first-order valence-electron chi connectivity index (χ1n) is 10.2. The molecular formula is C21H21FN8OS2. The van der Waals surface area contributed by atoms with Crippen LogP contribution in [0, 0.1) is 17.1 Å². The number of nitrogen functional groups attached to an aromatic ring is 1. The quantitative estimate of drug-likeness (QED) is 0.202. The van der Waals surface area contributed by atoms with Gasteiger partial charge in [-0.25, -0.2) is 14.5 Å². The predicted octanol–water partition coefficient (Wildman–Crippen LogP) is 3.51. The lowest BCUT2D eigenvalue weighted by molar-refractivity contribution is -0.113. The summed E-state index contributed by atoms with van der Waals surface area (Å²) < 4.78 is 14.3. The number of aromatic nitrogens is 3. The molecule has 4 N–H and O–H groups in total. The van der Waals surface area contributed by atoms with E-state index in [0.717, 1.165) is 48.6 Å². The summed E-state index contributed by atoms with van der Waals surface area (Å²) >= 11 is 2.60. The summed E-state index contributed by atoms with van der Waals surface area (Å²) in [5, 5.41) is 25.4. The van der Waals surface area contributed by atoms with Crippen LogP contribution >= 0.6 is 23.1 Å². The van der Waals surface area contributed by atoms with Gasteiger partial charge in [0.25, 0.3) is 5.95 Å². The van der Waals surface area contributed by atoms with Crippen LogP contribution in [0.25, 0.3) is 0 Å². The number of thiophene rings is 1. The van der Waals surface area contributed by atoms with E-state index in [4.69, 9.17) is 5.84 Å². The van der Waals surface area contributed by atoms with E-state index in [9.17, 15) is 14.4 Å². The molecule has 1 aliphatic carbocycles. The zero-order chi connectivity index (χ0) is 23.4. The van der Waals surface area contributed by atoms with E-state index >= 15 is 0 Å². The molecule has 0 aliphatic heterocycles. The van der Waals surface area contributed by atoms with Crippen LogP contribution < -0.4 is 16.6 Å². The number of halogens is 1. The summed E-state index contributed by atoms with van der Waals surface area (Å²) in [5.74, 6) is 5.69. The van der Waals surface area contributed by atoms with Crippen molar-refractivity contribution < 1.29 is 9.18 Å². The number of thioether (sulfide) groups is 1. The number of hydrogen-bond acceptors (Lipinski definition) is 9. The molecule has 9 nitrogen and oxygen atoms in total. The lowest BCUT2D eigenvalue weighted by Crippen LogP contribution is -2.17. The molecule has 0 saturated carbocycles. The molecule has 3 aromatic rings. The van der Waals surface area contributed by atoms with Gasteiger partial charge in [0.05, 0.1) is 17.0 Å². The fourth-order valence-corrected chi connectivity index (χ4v) is 5.32. The summed E-state index contributed by atoms with van der Waals surface area (Å²) in [4.78, 5) is 13.7. The average molecular weight is 485 g/mol. The Morgan fingerprint density at radius 1 is 1.33 bits per heavy atom. The number of fused-ring (bicyclic) bond motifs is 1. The van der Waals surface area contributed by atoms with Crippen LogP contribution in [-0.2, 0) is 17.6 Å². The van der Waals surface area contributed by atoms with Gasteiger partial charge in [0.2, 0.25) is 11.1 Å². The third-order valence-electron chi connectivity index (χ3n) is 5.12. The zero-order valence-corrected chi connectivity index (χ0v) is 19.4. The fourth-order valence-electron chi connectivity index (χ4n) is 3.41. The first-order chi connectivity index (χ1) is 16.0. The van der Waals surface area contributed by atoms with Crippen LogP contribution in [-0.4, -0.2) is 32.2 Å². The second-order valence-corrected chi connectivity index (χ2v) is 9.40. The summed E-state index contributed by atoms with van der Waals surface area (Å²) in [6.45, 7) is 1.76. The van der Waals surface area contributed by atoms with Gasteiger partial charge in [-0.3, -0.25) is 4.79 Å². The Morgan fingerprint density at radius 2 is 2.09 bits per heavy atom. The summed E-state index contributed by atoms with van der Waals surface area (Å²) in [5.41, 5.74) is 5.73. The van der Waals surface area contributed by atoms with Gasteiger partial charge in [0.15, 0.2) is 0 Å². The Hall–Kier alpha value is -3.43. The number of nitrogens with zero attached hydrogens (tertiary/aromatic N) is 5. The predicted molar refractivity (Wildman–Crippen MR) is 127 cm³/mol. The Kier molecular flexibility index (Phi) is 6.90. The molecule has 1 aliphatic rings. The Morgan fingerprint density at radius 3 is 2.85 bits per heavy atom. The van der Waals surface area contributed by atoms with Crippen LogP contribution in [0.15, 0.2) is 34.5 Å². The number of hydrogen-bond donors (Lipinski definition) is 3. The van der Waals surface area contributed by atoms with Crippen LogP contribution in [0.3, 0.4) is 0 Å². The van der Waals surface area contributed by atoms with Crippen molar-refractivity contribution in [1.29, 1.82) is 5.26 Å². The van der Waals surface area contributed by atoms with Crippen molar-refractivity contribution >= 4 is 45.7 Å². The topological polar surface area (TPSA) is 134 Å². The van der Waals surface area contributed by atoms with E-state index in [1.807, 2.05) is 0 Å². The molecule has 2 aromatic heterocycles. The average Bonchev–Trinajstić information content (AvgIpc) is 3.35. The molecule has 0 saturated heterocycles. The van der Waals surface area contributed by atoms with Gasteiger partial charge in [-0.1, -0.05) is 23.9 Å². The van der Waals surface area contributed by atoms with Crippen molar-refractivity contribution in [2.24, 2.45) is 5.10 Å². The number of benzene rings is 1. The maximum Gasteiger partial charge on any atom is 0.264 e. The number of anilines is 2. The minimum absolute atomic E-state index is 0.0562. The van der Waals surface area contributed by atoms with E-state index < -0.39 is 0 Å². The van der Waals surface area contributed by atoms with Gasteiger partial charge >= 0.3 is 0 Å². The normalized spacial score (nSPS) is 13.3. The first kappa shape index (κ1) is 22.8. The van der Waals surface area contributed by atoms with Gasteiger partial charge in [0, 0.05) is 4.88 Å². The number of amides is 1. The van der Waals surface area contributed by atoms with Gasteiger partial charge in [-0.2, -0.15) is 10.4 Å². The monoisotopic (exact) mass is 484 g/mol. The highest BCUT2D eigenvalue weighted by Crippen LogP contribution is 2.37. The van der Waals surface area contributed by atoms with E-state index in [2.05, 4.69) is 32.1 Å². The molecule has 33 heavy (non-hydrogen) atoms. The van der Waals surface area contributed by atoms with Crippen molar-refractivity contribution in [2.45, 2.75) is 37.8 Å². The van der Waals surface area contributed by atoms with Crippen LogP contribution in [0.1, 0.15) is 41.3 Å². The van der Waals surface area contributed by atoms with Crippen LogP contribution in [0.2, 0.25) is 0 Å². The molecule has 0 fully saturated rings. The lowest BCUT2D eigenvalue weighted by Gasteiger charge is -2.09. The summed E-state index contributed by atoms with van der Waals surface area (Å²) in [7, 11) is 0. The highest BCUT2D eigenvalue weighted by atomic mass is 32.2. The number of aryl methyl sites for hydroxylation is 1. The van der Waals surface area contributed by atoms with Crippen LogP contribution in [0.5, 0.6) is 0 Å². The molecule has 0 spiro atoms. The Balaban J connectivity index is 1.35. The van der Waals surface area contributed by atoms with E-state index in [-0.39, 0.29) is 23.4 Å². The molecule has 2 heterocycles. The molecule has 0 bridgehead atoms. The van der Waals surface area contributed by atoms with Gasteiger partial charge in [0.1, 0.15) is 16.9 Å². The highest BCUT2D eigenvalue weighted by Gasteiger charge is 2.22. The van der Waals surface area contributed by atoms with E-state index in [1.165, 1.54) is 33.0 Å². The Bertz CT molecular complexity index is 1240. The number of nitrogens with one attached hydrogen (secondary N) is 2. The maximum absolute atomic E-state index is 13.1. The van der Waals surface area contributed by atoms with E-state index in [1.54, 1.807) is 19.1 Å². The smallest absolute Gasteiger partial charge is 0.264 e. The highest BCUT2D eigenvalue weighted by molar-refractivity contribution is 7.99. The maximum atomic E-state index is 13.1. The molecule has 0 radical (unpaired) electrons. The lowest BCUT2D eigenvalue weighted by atomic mass is 9.96. The van der Waals surface area contributed by atoms with E-state index in [0.29, 0.717) is 21.4 Å². The standard InChI is InChI=1S/C21H21FN8OS2/c1-12(13-6-8-14(22)9-7-13)26-27-20-28-29-21(30(20)24)32-11-18(31)25-19-16(10-23)15-4-2-3-5-17(15)33-19/h6-9H,2-5,11,24H2,1H3,(H,25,31)(H,27,28)/b26-12+. The fraction of sp³-hybridized carbons (Fsp3) is 0.286. The third-order valence-corrected chi connectivity index (χ3v) is 7.27. The first-order valence-corrected chi connectivity index (χ1v) is 12.0. The Labute approximate surface area is 197 Å². The van der Waals surface area contributed by atoms with Gasteiger partial charge in [-0.15, -0.1) is 21.5 Å². The van der Waals surface area contributed by atoms with Crippen molar-refractivity contribution in [1.82, 2.24) is 14.9 Å². The van der Waals surface area contributed by atoms with Crippen LogP contribution in [0.4, 0.5) is 15.3 Å².